The zero-order chi connectivity index (χ0) is 16.4. The van der Waals surface area contributed by atoms with E-state index in [-0.39, 0.29) is 11.3 Å². The Hall–Kier alpha value is -2.65. The highest BCUT2D eigenvalue weighted by Crippen LogP contribution is 2.18. The number of carbonyl (C=O) groups is 1. The van der Waals surface area contributed by atoms with Crippen LogP contribution in [0.2, 0.25) is 0 Å². The minimum Gasteiger partial charge on any atom is -0.377 e. The number of hydrogen-bond acceptors (Lipinski definition) is 7. The Bertz CT molecular complexity index is 934. The molecule has 0 aliphatic carbocycles. The van der Waals surface area contributed by atoms with Gasteiger partial charge in [0.05, 0.1) is 5.39 Å². The van der Waals surface area contributed by atoms with Gasteiger partial charge < -0.3 is 4.74 Å². The molecular formula is C14H13N5O3S. The largest absolute Gasteiger partial charge is 0.377 e. The second-order valence-corrected chi connectivity index (χ2v) is 5.77. The van der Waals surface area contributed by atoms with Crippen LogP contribution in [0.15, 0.2) is 29.1 Å². The van der Waals surface area contributed by atoms with Crippen LogP contribution in [0.1, 0.15) is 15.5 Å². The van der Waals surface area contributed by atoms with Crippen molar-refractivity contribution in [2.45, 2.75) is 6.61 Å². The number of hydrogen-bond donors (Lipinski definition) is 1. The lowest BCUT2D eigenvalue weighted by Gasteiger charge is -2.07. The number of ether oxygens (including phenoxy) is 1. The molecule has 1 N–H and O–H groups in total. The number of benzene rings is 1. The molecule has 3 aromatic rings. The van der Waals surface area contributed by atoms with Gasteiger partial charge in [0.2, 0.25) is 5.13 Å². The summed E-state index contributed by atoms with van der Waals surface area (Å²) in [4.78, 5) is 24.5. The van der Waals surface area contributed by atoms with Crippen molar-refractivity contribution in [1.82, 2.24) is 20.0 Å². The lowest BCUT2D eigenvalue weighted by molar-refractivity contribution is 0.102. The van der Waals surface area contributed by atoms with E-state index in [2.05, 4.69) is 20.6 Å². The first-order chi connectivity index (χ1) is 11.1. The molecule has 0 saturated heterocycles. The predicted octanol–water partition coefficient (Wildman–Crippen LogP) is 1.18. The molecule has 8 nitrogen and oxygen atoms in total. The number of carbonyl (C=O) groups excluding carboxylic acids is 1. The minimum absolute atomic E-state index is 0.159. The van der Waals surface area contributed by atoms with Crippen molar-refractivity contribution >= 4 is 33.1 Å². The van der Waals surface area contributed by atoms with Crippen LogP contribution in [0, 0.1) is 0 Å². The van der Waals surface area contributed by atoms with Gasteiger partial charge in [-0.2, -0.15) is 5.10 Å². The van der Waals surface area contributed by atoms with Gasteiger partial charge in [-0.15, -0.1) is 10.2 Å². The van der Waals surface area contributed by atoms with E-state index in [0.29, 0.717) is 27.5 Å². The molecule has 118 valence electrons. The number of aromatic nitrogens is 4. The third-order valence-electron chi connectivity index (χ3n) is 3.13. The highest BCUT2D eigenvalue weighted by molar-refractivity contribution is 7.15. The minimum atomic E-state index is -0.447. The van der Waals surface area contributed by atoms with Gasteiger partial charge in [0.15, 0.2) is 5.69 Å². The fraction of sp³-hybridized carbons (Fsp3) is 0.214. The van der Waals surface area contributed by atoms with Crippen LogP contribution >= 0.6 is 11.3 Å². The van der Waals surface area contributed by atoms with E-state index in [4.69, 9.17) is 4.74 Å². The Morgan fingerprint density at radius 1 is 1.30 bits per heavy atom. The molecule has 0 aliphatic heterocycles. The molecule has 3 rings (SSSR count). The summed E-state index contributed by atoms with van der Waals surface area (Å²) in [6.45, 7) is 0.328. The Balaban J connectivity index is 1.97. The summed E-state index contributed by atoms with van der Waals surface area (Å²) in [5.74, 6) is -0.447. The lowest BCUT2D eigenvalue weighted by atomic mass is 10.1. The summed E-state index contributed by atoms with van der Waals surface area (Å²) in [5.41, 5.74) is -0.0957. The van der Waals surface area contributed by atoms with Crippen molar-refractivity contribution in [2.75, 3.05) is 12.4 Å². The number of methoxy groups -OCH3 is 1. The first-order valence-electron chi connectivity index (χ1n) is 6.69. The van der Waals surface area contributed by atoms with E-state index < -0.39 is 5.91 Å². The lowest BCUT2D eigenvalue weighted by Crippen LogP contribution is -2.25. The van der Waals surface area contributed by atoms with E-state index in [1.807, 2.05) is 0 Å². The monoisotopic (exact) mass is 331 g/mol. The molecule has 2 heterocycles. The van der Waals surface area contributed by atoms with Crippen LogP contribution in [0.5, 0.6) is 0 Å². The van der Waals surface area contributed by atoms with Gasteiger partial charge in [0.25, 0.3) is 11.5 Å². The van der Waals surface area contributed by atoms with Crippen molar-refractivity contribution in [3.8, 4) is 0 Å². The van der Waals surface area contributed by atoms with Gasteiger partial charge in [0.1, 0.15) is 11.6 Å². The van der Waals surface area contributed by atoms with E-state index in [1.54, 1.807) is 31.4 Å². The number of aryl methyl sites for hydroxylation is 1. The summed E-state index contributed by atoms with van der Waals surface area (Å²) in [6, 6.07) is 6.85. The van der Waals surface area contributed by atoms with Crippen LogP contribution in [-0.4, -0.2) is 33.0 Å². The molecule has 2 aromatic heterocycles. The average Bonchev–Trinajstić information content (AvgIpc) is 2.98. The molecule has 0 radical (unpaired) electrons. The zero-order valence-electron chi connectivity index (χ0n) is 12.4. The second-order valence-electron chi connectivity index (χ2n) is 4.71. The van der Waals surface area contributed by atoms with Crippen molar-refractivity contribution in [2.24, 2.45) is 7.05 Å². The van der Waals surface area contributed by atoms with Crippen LogP contribution in [-0.2, 0) is 18.4 Å². The maximum atomic E-state index is 12.5. The summed E-state index contributed by atoms with van der Waals surface area (Å²) in [7, 11) is 3.06. The second kappa shape index (κ2) is 6.23. The topological polar surface area (TPSA) is 99.0 Å². The number of nitrogens with zero attached hydrogens (tertiary/aromatic N) is 4. The van der Waals surface area contributed by atoms with Crippen LogP contribution in [0.25, 0.3) is 10.8 Å². The Morgan fingerprint density at radius 2 is 2.04 bits per heavy atom. The molecule has 23 heavy (non-hydrogen) atoms. The Kier molecular flexibility index (Phi) is 4.13. The number of nitrogens with one attached hydrogen (secondary N) is 1. The summed E-state index contributed by atoms with van der Waals surface area (Å²) in [5, 5.41) is 16.4. The third kappa shape index (κ3) is 2.96. The smallest absolute Gasteiger partial charge is 0.278 e. The van der Waals surface area contributed by atoms with E-state index >= 15 is 0 Å². The van der Waals surface area contributed by atoms with Gasteiger partial charge in [0, 0.05) is 19.5 Å². The summed E-state index contributed by atoms with van der Waals surface area (Å²) in [6.07, 6.45) is 0. The molecule has 0 unspecified atom stereocenters. The SMILES string of the molecule is COCc1nnc(NC(=O)c2nn(C)c(=O)c3ccccc23)s1. The van der Waals surface area contributed by atoms with Crippen LogP contribution in [0.4, 0.5) is 5.13 Å². The molecule has 1 amide bonds. The van der Waals surface area contributed by atoms with Gasteiger partial charge in [-0.1, -0.05) is 29.5 Å². The molecule has 9 heteroatoms. The highest BCUT2D eigenvalue weighted by Gasteiger charge is 2.17. The van der Waals surface area contributed by atoms with E-state index in [9.17, 15) is 9.59 Å². The fourth-order valence-electron chi connectivity index (χ4n) is 2.11. The zero-order valence-corrected chi connectivity index (χ0v) is 13.3. The molecule has 1 aromatic carbocycles. The average molecular weight is 331 g/mol. The quantitative estimate of drug-likeness (QED) is 0.771. The van der Waals surface area contributed by atoms with Gasteiger partial charge >= 0.3 is 0 Å². The third-order valence-corrected chi connectivity index (χ3v) is 3.94. The summed E-state index contributed by atoms with van der Waals surface area (Å²) < 4.78 is 6.11. The molecule has 0 aliphatic rings. The first-order valence-corrected chi connectivity index (χ1v) is 7.50. The van der Waals surface area contributed by atoms with Crippen molar-refractivity contribution in [3.63, 3.8) is 0 Å². The number of amides is 1. The predicted molar refractivity (Wildman–Crippen MR) is 85.6 cm³/mol. The molecular weight excluding hydrogens is 318 g/mol. The molecule has 0 atom stereocenters. The van der Waals surface area contributed by atoms with Crippen molar-refractivity contribution < 1.29 is 9.53 Å². The number of rotatable bonds is 4. The van der Waals surface area contributed by atoms with Crippen molar-refractivity contribution in [3.05, 3.63) is 45.3 Å². The van der Waals surface area contributed by atoms with Crippen molar-refractivity contribution in [1.29, 1.82) is 0 Å². The van der Waals surface area contributed by atoms with E-state index in [0.717, 1.165) is 4.68 Å². The first kappa shape index (κ1) is 15.3. The molecule has 0 saturated carbocycles. The number of fused-ring (bicyclic) bond motifs is 1. The van der Waals surface area contributed by atoms with E-state index in [1.165, 1.54) is 18.4 Å². The number of anilines is 1. The Morgan fingerprint density at radius 3 is 2.78 bits per heavy atom. The molecule has 0 bridgehead atoms. The standard InChI is InChI=1S/C14H13N5O3S/c1-19-13(21)9-6-4-3-5-8(9)11(18-19)12(20)15-14-17-16-10(23-14)7-22-2/h3-6H,7H2,1-2H3,(H,15,17,20). The van der Waals surface area contributed by atoms with Gasteiger partial charge in [-0.05, 0) is 6.07 Å². The summed E-state index contributed by atoms with van der Waals surface area (Å²) >= 11 is 1.22. The fourth-order valence-corrected chi connectivity index (χ4v) is 2.82. The van der Waals surface area contributed by atoms with Gasteiger partial charge in [-0.3, -0.25) is 14.9 Å². The van der Waals surface area contributed by atoms with Crippen LogP contribution < -0.4 is 10.9 Å². The highest BCUT2D eigenvalue weighted by atomic mass is 32.1. The Labute approximate surface area is 134 Å². The normalized spacial score (nSPS) is 10.9. The van der Waals surface area contributed by atoms with Gasteiger partial charge in [-0.25, -0.2) is 4.68 Å². The van der Waals surface area contributed by atoms with Crippen LogP contribution in [0.3, 0.4) is 0 Å². The molecule has 0 spiro atoms. The molecule has 0 fully saturated rings. The maximum Gasteiger partial charge on any atom is 0.278 e. The maximum absolute atomic E-state index is 12.5.